The Morgan fingerprint density at radius 2 is 2.04 bits per heavy atom. The summed E-state index contributed by atoms with van der Waals surface area (Å²) in [5, 5.41) is 15.4. The molecule has 1 N–H and O–H groups in total. The Balaban J connectivity index is 1.57. The molecule has 0 saturated heterocycles. The predicted molar refractivity (Wildman–Crippen MR) is 103 cm³/mol. The molecule has 0 aliphatic rings. The number of thiazole rings is 1. The summed E-state index contributed by atoms with van der Waals surface area (Å²) in [7, 11) is 0. The Morgan fingerprint density at radius 1 is 1.19 bits per heavy atom. The first-order chi connectivity index (χ1) is 12.6. The van der Waals surface area contributed by atoms with E-state index in [2.05, 4.69) is 20.6 Å². The zero-order valence-corrected chi connectivity index (χ0v) is 15.3. The fraction of sp³-hybridized carbons (Fsp3) is 0.118. The van der Waals surface area contributed by atoms with E-state index in [0.717, 1.165) is 15.3 Å². The summed E-state index contributed by atoms with van der Waals surface area (Å²) in [4.78, 5) is 30.5. The van der Waals surface area contributed by atoms with Gasteiger partial charge >= 0.3 is 0 Å². The monoisotopic (exact) mass is 383 g/mol. The van der Waals surface area contributed by atoms with Crippen LogP contribution >= 0.6 is 22.7 Å². The van der Waals surface area contributed by atoms with E-state index in [1.165, 1.54) is 11.3 Å². The Bertz CT molecular complexity index is 1130. The number of nitrogens with one attached hydrogen (secondary N) is 1. The lowest BCUT2D eigenvalue weighted by Crippen LogP contribution is -2.34. The second kappa shape index (κ2) is 6.77. The zero-order valence-electron chi connectivity index (χ0n) is 13.6. The van der Waals surface area contributed by atoms with Crippen molar-refractivity contribution >= 4 is 44.6 Å². The topological polar surface area (TPSA) is 89.8 Å². The van der Waals surface area contributed by atoms with Crippen LogP contribution in [0.15, 0.2) is 52.0 Å². The Labute approximate surface area is 156 Å². The van der Waals surface area contributed by atoms with Crippen LogP contribution in [0.5, 0.6) is 0 Å². The van der Waals surface area contributed by atoms with Crippen LogP contribution in [0.3, 0.4) is 0 Å². The highest BCUT2D eigenvalue weighted by Crippen LogP contribution is 2.28. The fourth-order valence-electron chi connectivity index (χ4n) is 2.44. The first-order valence-corrected chi connectivity index (χ1v) is 9.54. The Morgan fingerprint density at radius 3 is 2.85 bits per heavy atom. The molecule has 1 amide bonds. The second-order valence-corrected chi connectivity index (χ2v) is 7.34. The molecule has 130 valence electrons. The maximum absolute atomic E-state index is 12.6. The van der Waals surface area contributed by atoms with Gasteiger partial charge in [0, 0.05) is 5.38 Å². The van der Waals surface area contributed by atoms with Crippen LogP contribution in [0, 0.1) is 0 Å². The number of hydrogen-bond donors (Lipinski definition) is 1. The molecule has 7 nitrogen and oxygen atoms in total. The SMILES string of the molecule is CC(C(=O)Nc1nc(-c2cccs2)cs1)n1nnc2ccccc2c1=O. The minimum absolute atomic E-state index is 0.350. The Kier molecular flexibility index (Phi) is 4.31. The number of carbonyl (C=O) groups is 1. The third kappa shape index (κ3) is 3.02. The van der Waals surface area contributed by atoms with E-state index in [9.17, 15) is 9.59 Å². The van der Waals surface area contributed by atoms with Crippen molar-refractivity contribution < 1.29 is 4.79 Å². The number of anilines is 1. The molecule has 9 heteroatoms. The number of thiophene rings is 1. The lowest BCUT2D eigenvalue weighted by atomic mass is 10.2. The van der Waals surface area contributed by atoms with Crippen molar-refractivity contribution in [3.63, 3.8) is 0 Å². The van der Waals surface area contributed by atoms with E-state index in [-0.39, 0.29) is 11.5 Å². The van der Waals surface area contributed by atoms with Crippen molar-refractivity contribution in [1.82, 2.24) is 20.0 Å². The first-order valence-electron chi connectivity index (χ1n) is 7.78. The molecule has 0 fully saturated rings. The van der Waals surface area contributed by atoms with Gasteiger partial charge in [-0.25, -0.2) is 4.98 Å². The first kappa shape index (κ1) is 16.6. The number of hydrogen-bond acceptors (Lipinski definition) is 7. The summed E-state index contributed by atoms with van der Waals surface area (Å²) < 4.78 is 1.09. The van der Waals surface area contributed by atoms with Crippen LogP contribution in [0.25, 0.3) is 21.5 Å². The van der Waals surface area contributed by atoms with Crippen molar-refractivity contribution in [2.45, 2.75) is 13.0 Å². The molecule has 1 unspecified atom stereocenters. The van der Waals surface area contributed by atoms with E-state index in [1.54, 1.807) is 42.5 Å². The number of amides is 1. The molecular weight excluding hydrogens is 370 g/mol. The van der Waals surface area contributed by atoms with Crippen molar-refractivity contribution in [2.24, 2.45) is 0 Å². The van der Waals surface area contributed by atoms with E-state index < -0.39 is 6.04 Å². The van der Waals surface area contributed by atoms with Gasteiger partial charge in [-0.3, -0.25) is 9.59 Å². The highest BCUT2D eigenvalue weighted by atomic mass is 32.1. The van der Waals surface area contributed by atoms with Gasteiger partial charge < -0.3 is 5.32 Å². The quantitative estimate of drug-likeness (QED) is 0.585. The van der Waals surface area contributed by atoms with Crippen LogP contribution in [0.4, 0.5) is 5.13 Å². The molecule has 0 saturated carbocycles. The largest absolute Gasteiger partial charge is 0.300 e. The summed E-state index contributed by atoms with van der Waals surface area (Å²) in [6.07, 6.45) is 0. The number of fused-ring (bicyclic) bond motifs is 1. The number of aromatic nitrogens is 4. The van der Waals surface area contributed by atoms with Crippen LogP contribution in [-0.2, 0) is 4.79 Å². The van der Waals surface area contributed by atoms with Gasteiger partial charge in [-0.15, -0.1) is 27.8 Å². The van der Waals surface area contributed by atoms with E-state index in [0.29, 0.717) is 16.0 Å². The van der Waals surface area contributed by atoms with Crippen LogP contribution in [0.1, 0.15) is 13.0 Å². The summed E-state index contributed by atoms with van der Waals surface area (Å²) in [5.74, 6) is -0.372. The van der Waals surface area contributed by atoms with Gasteiger partial charge in [0.25, 0.3) is 11.5 Å². The number of benzene rings is 1. The maximum atomic E-state index is 12.6. The van der Waals surface area contributed by atoms with Gasteiger partial charge in [0.15, 0.2) is 5.13 Å². The lowest BCUT2D eigenvalue weighted by Gasteiger charge is -2.12. The fourth-order valence-corrected chi connectivity index (χ4v) is 3.92. The number of nitrogens with zero attached hydrogens (tertiary/aromatic N) is 4. The number of rotatable bonds is 4. The molecule has 0 aliphatic heterocycles. The molecule has 3 aromatic heterocycles. The molecule has 0 bridgehead atoms. The van der Waals surface area contributed by atoms with E-state index >= 15 is 0 Å². The minimum atomic E-state index is -0.811. The zero-order chi connectivity index (χ0) is 18.1. The van der Waals surface area contributed by atoms with Gasteiger partial charge in [0.2, 0.25) is 0 Å². The van der Waals surface area contributed by atoms with Crippen LogP contribution in [-0.4, -0.2) is 25.9 Å². The van der Waals surface area contributed by atoms with E-state index in [4.69, 9.17) is 0 Å². The highest BCUT2D eigenvalue weighted by Gasteiger charge is 2.20. The van der Waals surface area contributed by atoms with Crippen molar-refractivity contribution in [3.05, 3.63) is 57.5 Å². The maximum Gasteiger partial charge on any atom is 0.278 e. The third-order valence-electron chi connectivity index (χ3n) is 3.85. The standard InChI is InChI=1S/C17H13N5O2S2/c1-10(22-16(24)11-5-2-3-6-12(11)20-21-22)15(23)19-17-18-13(9-26-17)14-7-4-8-25-14/h2-10H,1H3,(H,18,19,23). The van der Waals surface area contributed by atoms with Gasteiger partial charge in [0.05, 0.1) is 16.0 Å². The molecule has 0 aliphatic carbocycles. The van der Waals surface area contributed by atoms with Gasteiger partial charge in [-0.1, -0.05) is 23.4 Å². The van der Waals surface area contributed by atoms with Crippen molar-refractivity contribution in [3.8, 4) is 10.6 Å². The predicted octanol–water partition coefficient (Wildman–Crippen LogP) is 3.18. The average Bonchev–Trinajstić information content (AvgIpc) is 3.33. The van der Waals surface area contributed by atoms with Crippen molar-refractivity contribution in [1.29, 1.82) is 0 Å². The molecule has 3 heterocycles. The van der Waals surface area contributed by atoms with E-state index in [1.807, 2.05) is 22.9 Å². The summed E-state index contributed by atoms with van der Waals surface area (Å²) in [6, 6.07) is 10.0. The molecule has 4 aromatic rings. The molecular formula is C17H13N5O2S2. The molecule has 0 radical (unpaired) electrons. The van der Waals surface area contributed by atoms with Crippen molar-refractivity contribution in [2.75, 3.05) is 5.32 Å². The average molecular weight is 383 g/mol. The Hall–Kier alpha value is -2.91. The van der Waals surface area contributed by atoms with Gasteiger partial charge in [-0.05, 0) is 30.5 Å². The number of carbonyl (C=O) groups excluding carboxylic acids is 1. The molecule has 4 rings (SSSR count). The molecule has 1 atom stereocenters. The van der Waals surface area contributed by atoms with Crippen LogP contribution in [0.2, 0.25) is 0 Å². The molecule has 1 aromatic carbocycles. The normalized spacial score (nSPS) is 12.2. The van der Waals surface area contributed by atoms with Gasteiger partial charge in [0.1, 0.15) is 11.6 Å². The van der Waals surface area contributed by atoms with Gasteiger partial charge in [-0.2, -0.15) is 4.68 Å². The lowest BCUT2D eigenvalue weighted by molar-refractivity contribution is -0.119. The smallest absolute Gasteiger partial charge is 0.278 e. The summed E-state index contributed by atoms with van der Waals surface area (Å²) in [5.41, 5.74) is 0.967. The molecule has 0 spiro atoms. The third-order valence-corrected chi connectivity index (χ3v) is 5.50. The highest BCUT2D eigenvalue weighted by molar-refractivity contribution is 7.16. The molecule has 26 heavy (non-hydrogen) atoms. The summed E-state index contributed by atoms with van der Waals surface area (Å²) in [6.45, 7) is 1.61. The van der Waals surface area contributed by atoms with Crippen LogP contribution < -0.4 is 10.9 Å². The summed E-state index contributed by atoms with van der Waals surface area (Å²) >= 11 is 2.92. The minimum Gasteiger partial charge on any atom is -0.300 e. The second-order valence-electron chi connectivity index (χ2n) is 5.54.